The minimum absolute atomic E-state index is 0. The van der Waals surface area contributed by atoms with E-state index in [-0.39, 0.29) is 21.1 Å². The Balaban J connectivity index is 0. The number of hydrogen-bond acceptors (Lipinski definition) is 4. The maximum atomic E-state index is 13.3. The first-order valence-electron chi connectivity index (χ1n) is 8.40. The quantitative estimate of drug-likeness (QED) is 0.330. The molecule has 0 unspecified atom stereocenters. The SMILES string of the molecule is CC.CC1(C)OB(c2ccc(F)c([N+](=O)[O-])c2)OC1(C)C.CC[N-]C.[W]. The van der Waals surface area contributed by atoms with Gasteiger partial charge in [0.15, 0.2) is 5.82 Å². The number of nitrogens with zero attached hydrogens (tertiary/aromatic N) is 2. The molecule has 0 spiro atoms. The van der Waals surface area contributed by atoms with Gasteiger partial charge in [-0.05, 0) is 39.2 Å². The van der Waals surface area contributed by atoms with E-state index in [1.807, 2.05) is 48.5 Å². The summed E-state index contributed by atoms with van der Waals surface area (Å²) in [6.07, 6.45) is 0. The van der Waals surface area contributed by atoms with Crippen LogP contribution < -0.4 is 5.46 Å². The Hall–Kier alpha value is -0.817. The van der Waals surface area contributed by atoms with Crippen LogP contribution in [0.5, 0.6) is 0 Å². The second-order valence-corrected chi connectivity index (χ2v) is 6.19. The van der Waals surface area contributed by atoms with Crippen molar-refractivity contribution in [2.24, 2.45) is 0 Å². The molecule has 1 aliphatic heterocycles. The van der Waals surface area contributed by atoms with Crippen molar-refractivity contribution >= 4 is 18.3 Å². The van der Waals surface area contributed by atoms with Gasteiger partial charge in [0.2, 0.25) is 0 Å². The van der Waals surface area contributed by atoms with Crippen LogP contribution >= 0.6 is 0 Å². The van der Waals surface area contributed by atoms with Gasteiger partial charge in [0.05, 0.1) is 16.1 Å². The smallest absolute Gasteiger partial charge is 0.495 e. The van der Waals surface area contributed by atoms with Gasteiger partial charge in [-0.25, -0.2) is 0 Å². The van der Waals surface area contributed by atoms with Crippen LogP contribution in [0, 0.1) is 15.9 Å². The molecule has 0 bridgehead atoms. The summed E-state index contributed by atoms with van der Waals surface area (Å²) in [4.78, 5) is 9.97. The average molecular weight is 539 g/mol. The monoisotopic (exact) mass is 539 g/mol. The van der Waals surface area contributed by atoms with Crippen molar-refractivity contribution in [3.05, 3.63) is 39.4 Å². The van der Waals surface area contributed by atoms with Crippen molar-refractivity contribution < 1.29 is 39.7 Å². The Morgan fingerprint density at radius 3 is 1.96 bits per heavy atom. The largest absolute Gasteiger partial charge is 0.665 e. The van der Waals surface area contributed by atoms with Gasteiger partial charge in [-0.15, -0.1) is 0 Å². The van der Waals surface area contributed by atoms with E-state index in [4.69, 9.17) is 9.31 Å². The van der Waals surface area contributed by atoms with E-state index in [2.05, 4.69) is 5.32 Å². The van der Waals surface area contributed by atoms with Crippen LogP contribution in [-0.2, 0) is 30.4 Å². The number of nitro groups is 1. The number of rotatable bonds is 3. The third-order valence-electron chi connectivity index (χ3n) is 4.01. The van der Waals surface area contributed by atoms with Crippen molar-refractivity contribution in [2.75, 3.05) is 13.6 Å². The summed E-state index contributed by atoms with van der Waals surface area (Å²) in [7, 11) is 1.07. The molecule has 0 N–H and O–H groups in total. The summed E-state index contributed by atoms with van der Waals surface area (Å²) >= 11 is 0. The molecule has 0 saturated carbocycles. The predicted molar refractivity (Wildman–Crippen MR) is 99.9 cm³/mol. The normalized spacial score (nSPS) is 16.4. The third-order valence-corrected chi connectivity index (χ3v) is 4.01. The summed E-state index contributed by atoms with van der Waals surface area (Å²) in [6.45, 7) is 14.5. The Morgan fingerprint density at radius 2 is 1.62 bits per heavy atom. The molecule has 0 amide bonds. The molecule has 6 nitrogen and oxygen atoms in total. The Bertz CT molecular complexity index is 556. The molecule has 1 aromatic carbocycles. The number of hydrogen-bond donors (Lipinski definition) is 0. The van der Waals surface area contributed by atoms with Gasteiger partial charge < -0.3 is 14.6 Å². The standard InChI is InChI=1S/C12H15BFNO4.C3H8N.C2H6.W/c1-11(2)12(3,4)19-13(18-11)8-5-6-9(14)10(7-8)15(16)17;1-3-4-2;1-2;/h5-7H,1-4H3;3H2,1-2H3;1-2H3;/q;-1;;. The number of halogens is 1. The molecule has 0 aliphatic carbocycles. The van der Waals surface area contributed by atoms with Crippen molar-refractivity contribution in [3.8, 4) is 0 Å². The van der Waals surface area contributed by atoms with E-state index < -0.39 is 34.7 Å². The molecule has 0 atom stereocenters. The topological polar surface area (TPSA) is 75.7 Å². The maximum absolute atomic E-state index is 13.3. The summed E-state index contributed by atoms with van der Waals surface area (Å²) in [6, 6.07) is 3.64. The molecule has 2 rings (SSSR count). The summed E-state index contributed by atoms with van der Waals surface area (Å²) in [5.74, 6) is -0.870. The second kappa shape index (κ2) is 11.8. The predicted octanol–water partition coefficient (Wildman–Crippen LogP) is 4.07. The molecule has 26 heavy (non-hydrogen) atoms. The first-order chi connectivity index (χ1) is 11.6. The Morgan fingerprint density at radius 1 is 1.19 bits per heavy atom. The van der Waals surface area contributed by atoms with Crippen LogP contribution in [0.15, 0.2) is 18.2 Å². The molecular formula is C17H29BFN2O4W-. The van der Waals surface area contributed by atoms with Gasteiger partial charge in [0.25, 0.3) is 0 Å². The van der Waals surface area contributed by atoms with Crippen LogP contribution in [0.25, 0.3) is 5.32 Å². The van der Waals surface area contributed by atoms with E-state index >= 15 is 0 Å². The van der Waals surface area contributed by atoms with E-state index in [1.54, 1.807) is 7.05 Å². The molecule has 1 fully saturated rings. The second-order valence-electron chi connectivity index (χ2n) is 6.19. The minimum Gasteiger partial charge on any atom is -0.665 e. The zero-order chi connectivity index (χ0) is 19.8. The molecule has 1 saturated heterocycles. The minimum atomic E-state index is -0.870. The molecule has 148 valence electrons. The molecule has 0 aromatic heterocycles. The molecule has 1 aliphatic rings. The Kier molecular flexibility index (Phi) is 12.4. The van der Waals surface area contributed by atoms with Crippen LogP contribution in [0.2, 0.25) is 0 Å². The van der Waals surface area contributed by atoms with E-state index in [0.29, 0.717) is 5.46 Å². The summed E-state index contributed by atoms with van der Waals surface area (Å²) < 4.78 is 24.8. The van der Waals surface area contributed by atoms with Crippen LogP contribution in [0.1, 0.15) is 48.5 Å². The Labute approximate surface area is 170 Å². The van der Waals surface area contributed by atoms with E-state index in [1.165, 1.54) is 6.07 Å². The molecule has 9 heteroatoms. The van der Waals surface area contributed by atoms with Gasteiger partial charge in [-0.3, -0.25) is 10.1 Å². The fourth-order valence-corrected chi connectivity index (χ4v) is 1.80. The number of benzene rings is 1. The van der Waals surface area contributed by atoms with Gasteiger partial charge in [0.1, 0.15) is 0 Å². The molecule has 1 heterocycles. The maximum Gasteiger partial charge on any atom is 0.495 e. The van der Waals surface area contributed by atoms with Crippen molar-refractivity contribution in [2.45, 2.75) is 59.7 Å². The van der Waals surface area contributed by atoms with Gasteiger partial charge >= 0.3 is 12.8 Å². The van der Waals surface area contributed by atoms with Crippen LogP contribution in [0.4, 0.5) is 10.1 Å². The van der Waals surface area contributed by atoms with Gasteiger partial charge in [-0.2, -0.15) is 18.0 Å². The van der Waals surface area contributed by atoms with Crippen molar-refractivity contribution in [3.63, 3.8) is 0 Å². The van der Waals surface area contributed by atoms with Gasteiger partial charge in [-0.1, -0.05) is 26.8 Å². The zero-order valence-electron chi connectivity index (χ0n) is 16.8. The summed E-state index contributed by atoms with van der Waals surface area (Å²) in [5.41, 5.74) is -1.22. The van der Waals surface area contributed by atoms with Crippen molar-refractivity contribution in [1.29, 1.82) is 0 Å². The zero-order valence-corrected chi connectivity index (χ0v) is 19.8. The van der Waals surface area contributed by atoms with E-state index in [0.717, 1.165) is 18.7 Å². The van der Waals surface area contributed by atoms with Gasteiger partial charge in [0, 0.05) is 27.1 Å². The fourth-order valence-electron chi connectivity index (χ4n) is 1.80. The molecule has 0 radical (unpaired) electrons. The molecular weight excluding hydrogens is 510 g/mol. The number of nitro benzene ring substituents is 1. The first-order valence-corrected chi connectivity index (χ1v) is 8.40. The summed E-state index contributed by atoms with van der Waals surface area (Å²) in [5, 5.41) is 14.5. The fraction of sp³-hybridized carbons (Fsp3) is 0.647. The van der Waals surface area contributed by atoms with Crippen LogP contribution in [0.3, 0.4) is 0 Å². The average Bonchev–Trinajstić information content (AvgIpc) is 2.77. The van der Waals surface area contributed by atoms with E-state index in [9.17, 15) is 14.5 Å². The van der Waals surface area contributed by atoms with Crippen molar-refractivity contribution in [1.82, 2.24) is 0 Å². The third kappa shape index (κ3) is 7.07. The van der Waals surface area contributed by atoms with Crippen LogP contribution in [-0.4, -0.2) is 36.8 Å². The first kappa shape index (κ1) is 27.4. The molecule has 1 aromatic rings.